The monoisotopic (exact) mass is 408 g/mol. The number of ether oxygens (including phenoxy) is 1. The van der Waals surface area contributed by atoms with Crippen molar-refractivity contribution in [2.24, 2.45) is 5.92 Å². The number of amides is 2. The summed E-state index contributed by atoms with van der Waals surface area (Å²) < 4.78 is 5.83. The molecule has 0 saturated heterocycles. The number of carbonyl (C=O) groups excluding carboxylic acids is 2. The van der Waals surface area contributed by atoms with Gasteiger partial charge in [-0.15, -0.1) is 0 Å². The second-order valence-corrected chi connectivity index (χ2v) is 9.38. The van der Waals surface area contributed by atoms with E-state index in [4.69, 9.17) is 4.74 Å². The van der Waals surface area contributed by atoms with Crippen molar-refractivity contribution in [1.29, 1.82) is 0 Å². The third-order valence-corrected chi connectivity index (χ3v) is 6.80. The standard InChI is InChI=1S/C24H44N2O3/c1-19(21-13-8-6-4-3-5-7-9-14-21)29-24(28)26-23-16-11-10-15-22(17-12-18-23)25-20(2)27/h19,21-23H,3-18H2,1-2H3,(H,25,27)(H,26,28). The minimum Gasteiger partial charge on any atom is -0.446 e. The molecule has 2 aliphatic rings. The van der Waals surface area contributed by atoms with Gasteiger partial charge >= 0.3 is 6.09 Å². The first-order chi connectivity index (χ1) is 14.0. The Morgan fingerprint density at radius 3 is 1.69 bits per heavy atom. The van der Waals surface area contributed by atoms with Crippen LogP contribution in [0.15, 0.2) is 0 Å². The average Bonchev–Trinajstić information content (AvgIpc) is 2.78. The highest BCUT2D eigenvalue weighted by Gasteiger charge is 2.23. The van der Waals surface area contributed by atoms with Crippen molar-refractivity contribution in [3.63, 3.8) is 0 Å². The van der Waals surface area contributed by atoms with E-state index in [2.05, 4.69) is 17.6 Å². The van der Waals surface area contributed by atoms with Gasteiger partial charge < -0.3 is 15.4 Å². The Balaban J connectivity index is 1.75. The fourth-order valence-corrected chi connectivity index (χ4v) is 5.03. The SMILES string of the molecule is CC(=O)NC1CCCCC(NC(=O)OC(C)C2CCCCCCCCC2)CCC1. The molecule has 5 nitrogen and oxygen atoms in total. The maximum absolute atomic E-state index is 12.5. The Hall–Kier alpha value is -1.26. The number of rotatable bonds is 4. The molecule has 3 atom stereocenters. The summed E-state index contributed by atoms with van der Waals surface area (Å²) in [6.07, 6.45) is 18.6. The van der Waals surface area contributed by atoms with E-state index >= 15 is 0 Å². The quantitative estimate of drug-likeness (QED) is 0.612. The summed E-state index contributed by atoms with van der Waals surface area (Å²) in [4.78, 5) is 23.9. The van der Waals surface area contributed by atoms with Crippen molar-refractivity contribution in [1.82, 2.24) is 10.6 Å². The average molecular weight is 409 g/mol. The van der Waals surface area contributed by atoms with Crippen LogP contribution >= 0.6 is 0 Å². The lowest BCUT2D eigenvalue weighted by Gasteiger charge is -2.26. The number of nitrogens with one attached hydrogen (secondary N) is 2. The lowest BCUT2D eigenvalue weighted by molar-refractivity contribution is -0.119. The molecule has 2 aliphatic carbocycles. The molecule has 2 rings (SSSR count). The molecule has 2 saturated carbocycles. The molecule has 2 fully saturated rings. The van der Waals surface area contributed by atoms with Gasteiger partial charge in [0.05, 0.1) is 0 Å². The maximum Gasteiger partial charge on any atom is 0.407 e. The molecule has 29 heavy (non-hydrogen) atoms. The molecule has 5 heteroatoms. The van der Waals surface area contributed by atoms with E-state index in [9.17, 15) is 9.59 Å². The fraction of sp³-hybridized carbons (Fsp3) is 0.917. The molecule has 0 aromatic heterocycles. The van der Waals surface area contributed by atoms with Gasteiger partial charge in [0.1, 0.15) is 6.10 Å². The van der Waals surface area contributed by atoms with Crippen molar-refractivity contribution < 1.29 is 14.3 Å². The Morgan fingerprint density at radius 2 is 1.14 bits per heavy atom. The normalized spacial score (nSPS) is 26.8. The van der Waals surface area contributed by atoms with Crippen LogP contribution in [0, 0.1) is 5.92 Å². The van der Waals surface area contributed by atoms with Crippen LogP contribution in [0.3, 0.4) is 0 Å². The summed E-state index contributed by atoms with van der Waals surface area (Å²) in [7, 11) is 0. The van der Waals surface area contributed by atoms with Crippen LogP contribution in [0.4, 0.5) is 4.79 Å². The summed E-state index contributed by atoms with van der Waals surface area (Å²) in [6, 6.07) is 0.473. The van der Waals surface area contributed by atoms with E-state index in [-0.39, 0.29) is 30.2 Å². The van der Waals surface area contributed by atoms with Crippen LogP contribution in [0.2, 0.25) is 0 Å². The molecule has 0 aromatic carbocycles. The topological polar surface area (TPSA) is 67.4 Å². The van der Waals surface area contributed by atoms with Crippen LogP contribution in [-0.4, -0.2) is 30.2 Å². The molecular weight excluding hydrogens is 364 g/mol. The van der Waals surface area contributed by atoms with Crippen molar-refractivity contribution in [3.05, 3.63) is 0 Å². The van der Waals surface area contributed by atoms with Crippen molar-refractivity contribution in [3.8, 4) is 0 Å². The molecule has 0 heterocycles. The molecule has 0 aromatic rings. The van der Waals surface area contributed by atoms with Gasteiger partial charge in [0.15, 0.2) is 0 Å². The van der Waals surface area contributed by atoms with Crippen LogP contribution in [0.1, 0.15) is 117 Å². The summed E-state index contributed by atoms with van der Waals surface area (Å²) in [5.74, 6) is 0.555. The summed E-state index contributed by atoms with van der Waals surface area (Å²) in [5.41, 5.74) is 0. The Kier molecular flexibility index (Phi) is 11.5. The lowest BCUT2D eigenvalue weighted by atomic mass is 9.89. The van der Waals surface area contributed by atoms with E-state index in [0.29, 0.717) is 5.92 Å². The van der Waals surface area contributed by atoms with Gasteiger partial charge in [0.25, 0.3) is 0 Å². The first-order valence-corrected chi connectivity index (χ1v) is 12.3. The predicted octanol–water partition coefficient (Wildman–Crippen LogP) is 5.86. The zero-order valence-electron chi connectivity index (χ0n) is 18.8. The predicted molar refractivity (Wildman–Crippen MR) is 118 cm³/mol. The largest absolute Gasteiger partial charge is 0.446 e. The van der Waals surface area contributed by atoms with Crippen LogP contribution in [-0.2, 0) is 9.53 Å². The van der Waals surface area contributed by atoms with Crippen LogP contribution in [0.25, 0.3) is 0 Å². The maximum atomic E-state index is 12.5. The van der Waals surface area contributed by atoms with Gasteiger partial charge in [0, 0.05) is 19.0 Å². The number of hydrogen-bond acceptors (Lipinski definition) is 3. The third kappa shape index (κ3) is 10.4. The fourth-order valence-electron chi connectivity index (χ4n) is 5.03. The molecule has 168 valence electrons. The van der Waals surface area contributed by atoms with Crippen LogP contribution in [0.5, 0.6) is 0 Å². The van der Waals surface area contributed by atoms with Gasteiger partial charge in [-0.3, -0.25) is 4.79 Å². The molecule has 0 aliphatic heterocycles. The van der Waals surface area contributed by atoms with Crippen molar-refractivity contribution in [2.45, 2.75) is 135 Å². The van der Waals surface area contributed by atoms with Gasteiger partial charge in [0.2, 0.25) is 5.91 Å². The van der Waals surface area contributed by atoms with Crippen molar-refractivity contribution in [2.75, 3.05) is 0 Å². The molecular formula is C24H44N2O3. The van der Waals surface area contributed by atoms with Gasteiger partial charge in [-0.2, -0.15) is 0 Å². The Bertz CT molecular complexity index is 473. The highest BCUT2D eigenvalue weighted by Crippen LogP contribution is 2.26. The summed E-state index contributed by atoms with van der Waals surface area (Å²) in [5, 5.41) is 6.20. The Morgan fingerprint density at radius 1 is 0.690 bits per heavy atom. The van der Waals surface area contributed by atoms with E-state index in [1.54, 1.807) is 6.92 Å². The second-order valence-electron chi connectivity index (χ2n) is 9.38. The molecule has 0 bridgehead atoms. The highest BCUT2D eigenvalue weighted by molar-refractivity contribution is 5.73. The first kappa shape index (κ1) is 24.0. The van der Waals surface area contributed by atoms with Gasteiger partial charge in [-0.05, 0) is 57.8 Å². The summed E-state index contributed by atoms with van der Waals surface area (Å²) >= 11 is 0. The number of carbonyl (C=O) groups is 2. The third-order valence-electron chi connectivity index (χ3n) is 6.80. The molecule has 2 amide bonds. The highest BCUT2D eigenvalue weighted by atomic mass is 16.6. The van der Waals surface area contributed by atoms with E-state index in [1.807, 2.05) is 0 Å². The smallest absolute Gasteiger partial charge is 0.407 e. The zero-order valence-corrected chi connectivity index (χ0v) is 18.8. The number of hydrogen-bond donors (Lipinski definition) is 2. The lowest BCUT2D eigenvalue weighted by Crippen LogP contribution is -2.38. The van der Waals surface area contributed by atoms with E-state index in [0.717, 1.165) is 44.9 Å². The first-order valence-electron chi connectivity index (χ1n) is 12.3. The zero-order chi connectivity index (χ0) is 20.9. The van der Waals surface area contributed by atoms with Gasteiger partial charge in [-0.1, -0.05) is 57.8 Å². The van der Waals surface area contributed by atoms with Crippen molar-refractivity contribution >= 4 is 12.0 Å². The van der Waals surface area contributed by atoms with E-state index < -0.39 is 0 Å². The minimum absolute atomic E-state index is 0.00472. The van der Waals surface area contributed by atoms with Gasteiger partial charge in [-0.25, -0.2) is 4.79 Å². The second kappa shape index (κ2) is 13.9. The Labute approximate surface area is 178 Å². The molecule has 0 radical (unpaired) electrons. The van der Waals surface area contributed by atoms with E-state index in [1.165, 1.54) is 57.8 Å². The molecule has 0 spiro atoms. The van der Waals surface area contributed by atoms with Crippen LogP contribution < -0.4 is 10.6 Å². The summed E-state index contributed by atoms with van der Waals surface area (Å²) in [6.45, 7) is 3.67. The minimum atomic E-state index is -0.239. The number of alkyl carbamates (subject to hydrolysis) is 1. The molecule has 3 unspecified atom stereocenters. The molecule has 2 N–H and O–H groups in total.